The Balaban J connectivity index is 2.52. The Bertz CT molecular complexity index is 364. The second-order valence-corrected chi connectivity index (χ2v) is 3.50. The predicted octanol–water partition coefficient (Wildman–Crippen LogP) is 0.703. The second-order valence-electron chi connectivity index (χ2n) is 3.13. The van der Waals surface area contributed by atoms with Gasteiger partial charge >= 0.3 is 5.97 Å². The van der Waals surface area contributed by atoms with Gasteiger partial charge in [-0.05, 0) is 0 Å². The third kappa shape index (κ3) is 3.67. The van der Waals surface area contributed by atoms with Gasteiger partial charge in [-0.15, -0.1) is 0 Å². The van der Waals surface area contributed by atoms with Crippen molar-refractivity contribution in [2.75, 3.05) is 12.4 Å². The van der Waals surface area contributed by atoms with Crippen molar-refractivity contribution in [3.63, 3.8) is 0 Å². The Morgan fingerprint density at radius 3 is 2.50 bits per heavy atom. The molecule has 86 valence electrons. The monoisotopic (exact) mass is 240 g/mol. The van der Waals surface area contributed by atoms with E-state index in [1.165, 1.54) is 12.1 Å². The highest BCUT2D eigenvalue weighted by atomic mass is 32.1. The van der Waals surface area contributed by atoms with Gasteiger partial charge in [0.05, 0.1) is 6.10 Å². The molecular formula is C11H12O4S. The number of ether oxygens (including phenoxy) is 1. The largest absolute Gasteiger partial charge is 0.457 e. The number of benzene rings is 1. The zero-order chi connectivity index (χ0) is 12.0. The molecule has 0 saturated heterocycles. The van der Waals surface area contributed by atoms with Crippen LogP contribution in [0.3, 0.4) is 0 Å². The van der Waals surface area contributed by atoms with Gasteiger partial charge in [0.15, 0.2) is 0 Å². The van der Waals surface area contributed by atoms with Crippen molar-refractivity contribution in [3.8, 4) is 0 Å². The lowest BCUT2D eigenvalue weighted by molar-refractivity contribution is -0.140. The Morgan fingerprint density at radius 1 is 1.31 bits per heavy atom. The van der Waals surface area contributed by atoms with Crippen molar-refractivity contribution in [2.45, 2.75) is 6.10 Å². The number of aliphatic hydroxyl groups is 1. The van der Waals surface area contributed by atoms with E-state index in [9.17, 15) is 9.59 Å². The molecule has 1 rings (SSSR count). The summed E-state index contributed by atoms with van der Waals surface area (Å²) in [6.07, 6.45) is -0.851. The molecule has 0 radical (unpaired) electrons. The van der Waals surface area contributed by atoms with E-state index in [0.29, 0.717) is 0 Å². The van der Waals surface area contributed by atoms with Gasteiger partial charge in [-0.1, -0.05) is 30.3 Å². The van der Waals surface area contributed by atoms with E-state index in [0.717, 1.165) is 0 Å². The Hall–Kier alpha value is -1.33. The second kappa shape index (κ2) is 6.30. The lowest BCUT2D eigenvalue weighted by Crippen LogP contribution is -2.24. The minimum Gasteiger partial charge on any atom is -0.457 e. The Kier molecular flexibility index (Phi) is 5.01. The lowest BCUT2D eigenvalue weighted by Gasteiger charge is -2.07. The molecule has 1 aromatic rings. The highest BCUT2D eigenvalue weighted by molar-refractivity contribution is 7.80. The van der Waals surface area contributed by atoms with Crippen LogP contribution in [0.15, 0.2) is 30.3 Å². The van der Waals surface area contributed by atoms with Gasteiger partial charge in [-0.2, -0.15) is 12.6 Å². The maximum absolute atomic E-state index is 11.5. The molecule has 0 spiro atoms. The van der Waals surface area contributed by atoms with Crippen LogP contribution in [0, 0.1) is 0 Å². The molecular weight excluding hydrogens is 228 g/mol. The zero-order valence-corrected chi connectivity index (χ0v) is 9.39. The number of hydrogen-bond acceptors (Lipinski definition) is 5. The standard InChI is InChI=1S/C11H12O4S/c12-9(7-16)6-15-11(14)10(13)8-4-2-1-3-5-8/h1-5,9,12,16H,6-7H2. The maximum atomic E-state index is 11.5. The average Bonchev–Trinajstić information content (AvgIpc) is 2.35. The Labute approximate surface area is 98.6 Å². The topological polar surface area (TPSA) is 63.6 Å². The SMILES string of the molecule is O=C(OCC(O)CS)C(=O)c1ccccc1. The zero-order valence-electron chi connectivity index (χ0n) is 8.50. The van der Waals surface area contributed by atoms with Crippen LogP contribution in [0.4, 0.5) is 0 Å². The van der Waals surface area contributed by atoms with Crippen molar-refractivity contribution >= 4 is 24.4 Å². The van der Waals surface area contributed by atoms with Crippen molar-refractivity contribution in [1.82, 2.24) is 0 Å². The molecule has 16 heavy (non-hydrogen) atoms. The third-order valence-electron chi connectivity index (χ3n) is 1.84. The summed E-state index contributed by atoms with van der Waals surface area (Å²) in [5.41, 5.74) is 0.271. The molecule has 0 aliphatic carbocycles. The maximum Gasteiger partial charge on any atom is 0.379 e. The van der Waals surface area contributed by atoms with Gasteiger partial charge in [0.1, 0.15) is 6.61 Å². The van der Waals surface area contributed by atoms with Gasteiger partial charge in [0.25, 0.3) is 5.78 Å². The van der Waals surface area contributed by atoms with E-state index in [4.69, 9.17) is 5.11 Å². The summed E-state index contributed by atoms with van der Waals surface area (Å²) < 4.78 is 4.62. The first-order valence-electron chi connectivity index (χ1n) is 4.70. The van der Waals surface area contributed by atoms with Crippen LogP contribution in [0.5, 0.6) is 0 Å². The summed E-state index contributed by atoms with van der Waals surface area (Å²) >= 11 is 3.81. The number of carbonyl (C=O) groups excluding carboxylic acids is 2. The number of hydrogen-bond donors (Lipinski definition) is 2. The van der Waals surface area contributed by atoms with E-state index in [-0.39, 0.29) is 17.9 Å². The van der Waals surface area contributed by atoms with Crippen molar-refractivity contribution in [3.05, 3.63) is 35.9 Å². The fourth-order valence-corrected chi connectivity index (χ4v) is 1.10. The van der Waals surface area contributed by atoms with Crippen LogP contribution in [-0.4, -0.2) is 35.3 Å². The van der Waals surface area contributed by atoms with E-state index < -0.39 is 17.9 Å². The molecule has 0 aliphatic heterocycles. The quantitative estimate of drug-likeness (QED) is 0.344. The van der Waals surface area contributed by atoms with Crippen LogP contribution in [0.2, 0.25) is 0 Å². The third-order valence-corrected chi connectivity index (χ3v) is 2.26. The number of ketones is 1. The van der Waals surface area contributed by atoms with Crippen molar-refractivity contribution in [2.24, 2.45) is 0 Å². The summed E-state index contributed by atoms with van der Waals surface area (Å²) in [6.45, 7) is -0.221. The molecule has 0 aliphatic rings. The van der Waals surface area contributed by atoms with Gasteiger partial charge in [0, 0.05) is 11.3 Å². The Morgan fingerprint density at radius 2 is 1.94 bits per heavy atom. The lowest BCUT2D eigenvalue weighted by atomic mass is 10.1. The van der Waals surface area contributed by atoms with Gasteiger partial charge in [-0.25, -0.2) is 4.79 Å². The molecule has 5 heteroatoms. The van der Waals surface area contributed by atoms with Gasteiger partial charge in [0.2, 0.25) is 0 Å². The van der Waals surface area contributed by atoms with E-state index in [1.54, 1.807) is 18.2 Å². The van der Waals surface area contributed by atoms with Gasteiger partial charge in [-0.3, -0.25) is 4.79 Å². The van der Waals surface area contributed by atoms with E-state index in [2.05, 4.69) is 17.4 Å². The first-order chi connectivity index (χ1) is 7.65. The molecule has 0 heterocycles. The minimum absolute atomic E-state index is 0.173. The number of thiol groups is 1. The summed E-state index contributed by atoms with van der Waals surface area (Å²) in [5, 5.41) is 9.09. The fourth-order valence-electron chi connectivity index (χ4n) is 0.998. The summed E-state index contributed by atoms with van der Waals surface area (Å²) in [4.78, 5) is 22.7. The van der Waals surface area contributed by atoms with Crippen molar-refractivity contribution < 1.29 is 19.4 Å². The number of carbonyl (C=O) groups is 2. The number of aliphatic hydroxyl groups excluding tert-OH is 1. The summed E-state index contributed by atoms with van der Waals surface area (Å²) in [7, 11) is 0. The van der Waals surface area contributed by atoms with Crippen LogP contribution in [0.1, 0.15) is 10.4 Å². The number of rotatable bonds is 5. The smallest absolute Gasteiger partial charge is 0.379 e. The normalized spacial score (nSPS) is 11.9. The molecule has 1 atom stereocenters. The number of esters is 1. The highest BCUT2D eigenvalue weighted by Gasteiger charge is 2.18. The average molecular weight is 240 g/mol. The van der Waals surface area contributed by atoms with Crippen LogP contribution >= 0.6 is 12.6 Å². The molecule has 1 unspecified atom stereocenters. The molecule has 0 saturated carbocycles. The van der Waals surface area contributed by atoms with Crippen LogP contribution in [0.25, 0.3) is 0 Å². The molecule has 0 amide bonds. The first-order valence-corrected chi connectivity index (χ1v) is 5.34. The molecule has 0 aromatic heterocycles. The molecule has 0 bridgehead atoms. The summed E-state index contributed by atoms with van der Waals surface area (Å²) in [6, 6.07) is 8.11. The first kappa shape index (κ1) is 12.7. The van der Waals surface area contributed by atoms with E-state index >= 15 is 0 Å². The molecule has 1 aromatic carbocycles. The van der Waals surface area contributed by atoms with Crippen molar-refractivity contribution in [1.29, 1.82) is 0 Å². The van der Waals surface area contributed by atoms with E-state index in [1.807, 2.05) is 0 Å². The van der Waals surface area contributed by atoms with Gasteiger partial charge < -0.3 is 9.84 Å². The van der Waals surface area contributed by atoms with Crippen LogP contribution < -0.4 is 0 Å². The molecule has 1 N–H and O–H groups in total. The fraction of sp³-hybridized carbons (Fsp3) is 0.273. The highest BCUT2D eigenvalue weighted by Crippen LogP contribution is 2.01. The minimum atomic E-state index is -0.966. The predicted molar refractivity (Wildman–Crippen MR) is 61.6 cm³/mol. The molecule has 4 nitrogen and oxygen atoms in total. The van der Waals surface area contributed by atoms with Crippen LogP contribution in [-0.2, 0) is 9.53 Å². The molecule has 0 fully saturated rings. The summed E-state index contributed by atoms with van der Waals surface area (Å²) in [5.74, 6) is -1.51. The number of Topliss-reactive ketones (excluding diaryl/α,β-unsaturated/α-hetero) is 1.